The van der Waals surface area contributed by atoms with E-state index in [0.29, 0.717) is 11.3 Å². The highest BCUT2D eigenvalue weighted by Gasteiger charge is 2.14. The molecule has 2 aromatic rings. The minimum absolute atomic E-state index is 0.0850. The number of aromatic carboxylic acids is 1. The van der Waals surface area contributed by atoms with Gasteiger partial charge < -0.3 is 14.3 Å². The molecule has 0 fully saturated rings. The van der Waals surface area contributed by atoms with Crippen LogP contribution in [0.1, 0.15) is 21.7 Å². The molecule has 0 aliphatic carbocycles. The molecule has 0 aliphatic heterocycles. The highest BCUT2D eigenvalue weighted by Crippen LogP contribution is 2.27. The van der Waals surface area contributed by atoms with Gasteiger partial charge in [-0.15, -0.1) is 0 Å². The average molecular weight is 311 g/mol. The molecule has 2 rings (SSSR count). The second-order valence-electron chi connectivity index (χ2n) is 3.80. The lowest BCUT2D eigenvalue weighted by Crippen LogP contribution is -2.02. The topological polar surface area (TPSA) is 59.7 Å². The first-order valence-electron chi connectivity index (χ1n) is 5.26. The van der Waals surface area contributed by atoms with E-state index < -0.39 is 5.97 Å². The van der Waals surface area contributed by atoms with Gasteiger partial charge in [-0.2, -0.15) is 0 Å². The first-order chi connectivity index (χ1) is 8.58. The van der Waals surface area contributed by atoms with E-state index in [1.54, 1.807) is 6.07 Å². The summed E-state index contributed by atoms with van der Waals surface area (Å²) in [7, 11) is 0. The second kappa shape index (κ2) is 5.27. The van der Waals surface area contributed by atoms with Crippen molar-refractivity contribution in [3.63, 3.8) is 0 Å². The molecule has 94 valence electrons. The normalized spacial score (nSPS) is 10.3. The van der Waals surface area contributed by atoms with Crippen molar-refractivity contribution in [1.29, 1.82) is 0 Å². The number of hydrogen-bond donors (Lipinski definition) is 1. The van der Waals surface area contributed by atoms with E-state index in [9.17, 15) is 4.79 Å². The fraction of sp³-hybridized carbons (Fsp3) is 0.154. The van der Waals surface area contributed by atoms with Gasteiger partial charge in [-0.25, -0.2) is 4.79 Å². The smallest absolute Gasteiger partial charge is 0.372 e. The van der Waals surface area contributed by atoms with Crippen LogP contribution < -0.4 is 4.74 Å². The van der Waals surface area contributed by atoms with E-state index in [1.165, 1.54) is 6.26 Å². The minimum atomic E-state index is -1.10. The third kappa shape index (κ3) is 2.73. The van der Waals surface area contributed by atoms with Gasteiger partial charge in [-0.3, -0.25) is 0 Å². The third-order valence-electron chi connectivity index (χ3n) is 2.41. The van der Waals surface area contributed by atoms with Crippen molar-refractivity contribution in [1.82, 2.24) is 0 Å². The van der Waals surface area contributed by atoms with Crippen LogP contribution in [0.5, 0.6) is 5.75 Å². The van der Waals surface area contributed by atoms with E-state index in [-0.39, 0.29) is 12.4 Å². The largest absolute Gasteiger partial charge is 0.488 e. The summed E-state index contributed by atoms with van der Waals surface area (Å²) in [4.78, 5) is 10.8. The van der Waals surface area contributed by atoms with E-state index in [1.807, 2.05) is 25.1 Å². The Morgan fingerprint density at radius 3 is 2.89 bits per heavy atom. The molecule has 1 aromatic carbocycles. The molecular weight excluding hydrogens is 300 g/mol. The Kier molecular flexibility index (Phi) is 3.72. The lowest BCUT2D eigenvalue weighted by molar-refractivity contribution is 0.0658. The van der Waals surface area contributed by atoms with Crippen LogP contribution in [0.2, 0.25) is 0 Å². The maximum absolute atomic E-state index is 10.8. The Balaban J connectivity index is 2.11. The van der Waals surface area contributed by atoms with Gasteiger partial charge in [0.1, 0.15) is 12.4 Å². The van der Waals surface area contributed by atoms with Crippen molar-refractivity contribution in [3.05, 3.63) is 51.9 Å². The standard InChI is InChI=1S/C13H11BrO4/c1-8-2-3-11(10(14)6-8)18-7-9-4-5-17-12(9)13(15)16/h2-6H,7H2,1H3,(H,15,16). The summed E-state index contributed by atoms with van der Waals surface area (Å²) in [6, 6.07) is 7.28. The van der Waals surface area contributed by atoms with Gasteiger partial charge >= 0.3 is 5.97 Å². The van der Waals surface area contributed by atoms with Crippen LogP contribution >= 0.6 is 15.9 Å². The number of carboxylic acid groups (broad SMARTS) is 1. The Morgan fingerprint density at radius 1 is 1.44 bits per heavy atom. The molecule has 0 saturated heterocycles. The second-order valence-corrected chi connectivity index (χ2v) is 4.66. The van der Waals surface area contributed by atoms with Crippen molar-refractivity contribution in [2.45, 2.75) is 13.5 Å². The highest BCUT2D eigenvalue weighted by molar-refractivity contribution is 9.10. The molecule has 18 heavy (non-hydrogen) atoms. The Bertz CT molecular complexity index is 574. The monoisotopic (exact) mass is 310 g/mol. The van der Waals surface area contributed by atoms with Crippen LogP contribution in [0.4, 0.5) is 0 Å². The highest BCUT2D eigenvalue weighted by atomic mass is 79.9. The van der Waals surface area contributed by atoms with Gasteiger partial charge in [0.05, 0.1) is 10.7 Å². The van der Waals surface area contributed by atoms with E-state index in [4.69, 9.17) is 14.3 Å². The van der Waals surface area contributed by atoms with Crippen LogP contribution in [0.3, 0.4) is 0 Å². The molecule has 0 atom stereocenters. The zero-order valence-electron chi connectivity index (χ0n) is 9.64. The molecule has 0 spiro atoms. The molecule has 0 bridgehead atoms. The summed E-state index contributed by atoms with van der Waals surface area (Å²) in [6.07, 6.45) is 1.34. The molecule has 4 nitrogen and oxygen atoms in total. The first kappa shape index (κ1) is 12.7. The molecule has 0 unspecified atom stereocenters. The molecule has 1 heterocycles. The molecule has 1 aromatic heterocycles. The van der Waals surface area contributed by atoms with Crippen molar-refractivity contribution in [2.75, 3.05) is 0 Å². The predicted octanol–water partition coefficient (Wildman–Crippen LogP) is 3.63. The van der Waals surface area contributed by atoms with Gasteiger partial charge in [0.2, 0.25) is 5.76 Å². The van der Waals surface area contributed by atoms with Gasteiger partial charge in [-0.1, -0.05) is 6.07 Å². The van der Waals surface area contributed by atoms with Crippen molar-refractivity contribution >= 4 is 21.9 Å². The molecule has 0 aliphatic rings. The minimum Gasteiger partial charge on any atom is -0.488 e. The SMILES string of the molecule is Cc1ccc(OCc2ccoc2C(=O)O)c(Br)c1. The number of halogens is 1. The van der Waals surface area contributed by atoms with Gasteiger partial charge in [0.25, 0.3) is 0 Å². The van der Waals surface area contributed by atoms with E-state index in [2.05, 4.69) is 15.9 Å². The quantitative estimate of drug-likeness (QED) is 0.936. The number of carboxylic acids is 1. The summed E-state index contributed by atoms with van der Waals surface area (Å²) < 4.78 is 11.3. The molecule has 0 amide bonds. The lowest BCUT2D eigenvalue weighted by atomic mass is 10.2. The summed E-state index contributed by atoms with van der Waals surface area (Å²) in [5, 5.41) is 8.88. The van der Waals surface area contributed by atoms with Crippen molar-refractivity contribution < 1.29 is 19.1 Å². The van der Waals surface area contributed by atoms with Crippen LogP contribution in [-0.4, -0.2) is 11.1 Å². The number of carbonyl (C=O) groups is 1. The summed E-state index contributed by atoms with van der Waals surface area (Å²) in [5.74, 6) is -0.516. The van der Waals surface area contributed by atoms with Crippen LogP contribution in [-0.2, 0) is 6.61 Å². The number of benzene rings is 1. The number of ether oxygens (including phenoxy) is 1. The molecule has 0 saturated carbocycles. The zero-order valence-corrected chi connectivity index (χ0v) is 11.2. The van der Waals surface area contributed by atoms with Crippen molar-refractivity contribution in [3.8, 4) is 5.75 Å². The summed E-state index contributed by atoms with van der Waals surface area (Å²) in [5.41, 5.74) is 1.62. The first-order valence-corrected chi connectivity index (χ1v) is 6.06. The Hall–Kier alpha value is -1.75. The molecular formula is C13H11BrO4. The Labute approximate surface area is 112 Å². The molecule has 0 radical (unpaired) electrons. The number of furan rings is 1. The van der Waals surface area contributed by atoms with Crippen LogP contribution in [0.25, 0.3) is 0 Å². The van der Waals surface area contributed by atoms with Crippen LogP contribution in [0, 0.1) is 6.92 Å². The maximum atomic E-state index is 10.8. The third-order valence-corrected chi connectivity index (χ3v) is 3.03. The molecule has 5 heteroatoms. The Morgan fingerprint density at radius 2 is 2.22 bits per heavy atom. The average Bonchev–Trinajstić information content (AvgIpc) is 2.76. The molecule has 1 N–H and O–H groups in total. The van der Waals surface area contributed by atoms with Gasteiger partial charge in [0.15, 0.2) is 0 Å². The van der Waals surface area contributed by atoms with E-state index >= 15 is 0 Å². The van der Waals surface area contributed by atoms with Crippen molar-refractivity contribution in [2.24, 2.45) is 0 Å². The fourth-order valence-corrected chi connectivity index (χ4v) is 2.12. The van der Waals surface area contributed by atoms with Crippen LogP contribution in [0.15, 0.2) is 39.4 Å². The zero-order chi connectivity index (χ0) is 13.1. The fourth-order valence-electron chi connectivity index (χ4n) is 1.52. The number of hydrogen-bond acceptors (Lipinski definition) is 3. The summed E-state index contributed by atoms with van der Waals surface area (Å²) in [6.45, 7) is 2.13. The number of aryl methyl sites for hydroxylation is 1. The lowest BCUT2D eigenvalue weighted by Gasteiger charge is -2.08. The predicted molar refractivity (Wildman–Crippen MR) is 68.9 cm³/mol. The summed E-state index contributed by atoms with van der Waals surface area (Å²) >= 11 is 3.39. The number of rotatable bonds is 4. The van der Waals surface area contributed by atoms with E-state index in [0.717, 1.165) is 10.0 Å². The van der Waals surface area contributed by atoms with Gasteiger partial charge in [0, 0.05) is 5.56 Å². The maximum Gasteiger partial charge on any atom is 0.372 e. The van der Waals surface area contributed by atoms with Gasteiger partial charge in [-0.05, 0) is 46.6 Å².